The van der Waals surface area contributed by atoms with Crippen LogP contribution in [0.2, 0.25) is 0 Å². The van der Waals surface area contributed by atoms with E-state index in [1.807, 2.05) is 84.3 Å². The van der Waals surface area contributed by atoms with Crippen molar-refractivity contribution in [1.82, 2.24) is 14.9 Å². The van der Waals surface area contributed by atoms with Crippen LogP contribution in [-0.4, -0.2) is 22.6 Å². The number of nitrogens with zero attached hydrogens (tertiary/aromatic N) is 2. The summed E-state index contributed by atoms with van der Waals surface area (Å²) in [5, 5.41) is 2.98. The molecule has 3 aromatic carbocycles. The predicted molar refractivity (Wildman–Crippen MR) is 120 cm³/mol. The molecule has 6 heteroatoms. The van der Waals surface area contributed by atoms with Crippen molar-refractivity contribution >= 4 is 16.9 Å². The average Bonchev–Trinajstić information content (AvgIpc) is 3.15. The van der Waals surface area contributed by atoms with Crippen molar-refractivity contribution in [2.75, 3.05) is 7.11 Å². The molecule has 1 amide bonds. The number of imidazole rings is 1. The molecule has 0 saturated heterocycles. The van der Waals surface area contributed by atoms with Gasteiger partial charge in [-0.2, -0.15) is 0 Å². The molecule has 1 N–H and O–H groups in total. The van der Waals surface area contributed by atoms with Crippen molar-refractivity contribution in [3.8, 4) is 11.5 Å². The Morgan fingerprint density at radius 3 is 2.61 bits per heavy atom. The maximum atomic E-state index is 12.7. The summed E-state index contributed by atoms with van der Waals surface area (Å²) in [6.07, 6.45) is 0. The van der Waals surface area contributed by atoms with Crippen molar-refractivity contribution in [3.05, 3.63) is 89.7 Å². The average molecular weight is 415 g/mol. The van der Waals surface area contributed by atoms with E-state index in [0.29, 0.717) is 12.4 Å². The zero-order valence-corrected chi connectivity index (χ0v) is 17.7. The van der Waals surface area contributed by atoms with Gasteiger partial charge in [-0.1, -0.05) is 42.0 Å². The quantitative estimate of drug-likeness (QED) is 0.467. The van der Waals surface area contributed by atoms with E-state index in [1.54, 1.807) is 7.11 Å². The molecule has 0 aliphatic heterocycles. The van der Waals surface area contributed by atoms with Gasteiger partial charge in [0.05, 0.1) is 18.1 Å². The van der Waals surface area contributed by atoms with Crippen LogP contribution in [0.1, 0.15) is 17.0 Å². The van der Waals surface area contributed by atoms with Crippen LogP contribution in [0.5, 0.6) is 11.5 Å². The summed E-state index contributed by atoms with van der Waals surface area (Å²) >= 11 is 0. The fourth-order valence-electron chi connectivity index (χ4n) is 3.38. The number of amides is 1. The molecule has 0 unspecified atom stereocenters. The van der Waals surface area contributed by atoms with Crippen molar-refractivity contribution < 1.29 is 14.3 Å². The first-order valence-electron chi connectivity index (χ1n) is 10.2. The topological polar surface area (TPSA) is 65.4 Å². The molecule has 0 radical (unpaired) electrons. The minimum Gasteiger partial charge on any atom is -0.497 e. The van der Waals surface area contributed by atoms with E-state index in [4.69, 9.17) is 9.47 Å². The number of carbonyl (C=O) groups is 1. The molecule has 0 aliphatic carbocycles. The molecular formula is C25H25N3O3. The Labute approximate surface area is 181 Å². The second-order valence-corrected chi connectivity index (χ2v) is 7.33. The SMILES string of the molecule is COc1cccc(CNC(=O)Cn2c(COc3ccc(C)cc3)nc3ccccc32)c1. The zero-order valence-electron chi connectivity index (χ0n) is 17.7. The molecule has 0 atom stereocenters. The number of fused-ring (bicyclic) bond motifs is 1. The van der Waals surface area contributed by atoms with Crippen LogP contribution >= 0.6 is 0 Å². The maximum absolute atomic E-state index is 12.7. The van der Waals surface area contributed by atoms with Crippen molar-refractivity contribution in [1.29, 1.82) is 0 Å². The lowest BCUT2D eigenvalue weighted by Gasteiger charge is -2.11. The van der Waals surface area contributed by atoms with E-state index in [0.717, 1.165) is 28.1 Å². The Balaban J connectivity index is 1.48. The van der Waals surface area contributed by atoms with Crippen LogP contribution in [-0.2, 0) is 24.5 Å². The van der Waals surface area contributed by atoms with Gasteiger partial charge in [-0.15, -0.1) is 0 Å². The van der Waals surface area contributed by atoms with Crippen molar-refractivity contribution in [3.63, 3.8) is 0 Å². The van der Waals surface area contributed by atoms with Crippen LogP contribution < -0.4 is 14.8 Å². The normalized spacial score (nSPS) is 10.8. The number of nitrogens with one attached hydrogen (secondary N) is 1. The predicted octanol–water partition coefficient (Wildman–Crippen LogP) is 4.25. The highest BCUT2D eigenvalue weighted by atomic mass is 16.5. The van der Waals surface area contributed by atoms with Crippen LogP contribution in [0.15, 0.2) is 72.8 Å². The van der Waals surface area contributed by atoms with Crippen LogP contribution in [0, 0.1) is 6.92 Å². The monoisotopic (exact) mass is 415 g/mol. The van der Waals surface area contributed by atoms with Gasteiger partial charge in [0.2, 0.25) is 5.91 Å². The van der Waals surface area contributed by atoms with Crippen LogP contribution in [0.4, 0.5) is 0 Å². The van der Waals surface area contributed by atoms with E-state index in [1.165, 1.54) is 5.56 Å². The lowest BCUT2D eigenvalue weighted by molar-refractivity contribution is -0.121. The third-order valence-corrected chi connectivity index (χ3v) is 5.05. The van der Waals surface area contributed by atoms with E-state index in [-0.39, 0.29) is 19.1 Å². The van der Waals surface area contributed by atoms with Crippen molar-refractivity contribution in [2.45, 2.75) is 26.6 Å². The summed E-state index contributed by atoms with van der Waals surface area (Å²) in [6, 6.07) is 23.3. The first-order valence-corrected chi connectivity index (χ1v) is 10.2. The molecular weight excluding hydrogens is 390 g/mol. The largest absolute Gasteiger partial charge is 0.497 e. The Kier molecular flexibility index (Phi) is 6.17. The summed E-state index contributed by atoms with van der Waals surface area (Å²) < 4.78 is 13.1. The van der Waals surface area contributed by atoms with Crippen LogP contribution in [0.3, 0.4) is 0 Å². The molecule has 4 rings (SSSR count). The Morgan fingerprint density at radius 1 is 1.00 bits per heavy atom. The molecule has 6 nitrogen and oxygen atoms in total. The number of aromatic nitrogens is 2. The second-order valence-electron chi connectivity index (χ2n) is 7.33. The summed E-state index contributed by atoms with van der Waals surface area (Å²) in [6.45, 7) is 2.91. The molecule has 31 heavy (non-hydrogen) atoms. The number of aryl methyl sites for hydroxylation is 1. The van der Waals surface area contributed by atoms with Gasteiger partial charge in [-0.05, 0) is 48.9 Å². The summed E-state index contributed by atoms with van der Waals surface area (Å²) in [5.41, 5.74) is 3.89. The third kappa shape index (κ3) is 5.04. The number of methoxy groups -OCH3 is 1. The number of rotatable bonds is 8. The van der Waals surface area contributed by atoms with E-state index < -0.39 is 0 Å². The van der Waals surface area contributed by atoms with Gasteiger partial charge in [0.1, 0.15) is 30.5 Å². The number of hydrogen-bond acceptors (Lipinski definition) is 4. The highest BCUT2D eigenvalue weighted by molar-refractivity contribution is 5.81. The van der Waals surface area contributed by atoms with E-state index >= 15 is 0 Å². The summed E-state index contributed by atoms with van der Waals surface area (Å²) in [7, 11) is 1.63. The second kappa shape index (κ2) is 9.34. The van der Waals surface area contributed by atoms with Gasteiger partial charge in [-0.3, -0.25) is 4.79 Å². The minimum absolute atomic E-state index is 0.0949. The lowest BCUT2D eigenvalue weighted by Crippen LogP contribution is -2.28. The van der Waals surface area contributed by atoms with Gasteiger partial charge >= 0.3 is 0 Å². The van der Waals surface area contributed by atoms with Gasteiger partial charge in [0, 0.05) is 6.54 Å². The number of benzene rings is 3. The Hall–Kier alpha value is -3.80. The minimum atomic E-state index is -0.0949. The maximum Gasteiger partial charge on any atom is 0.240 e. The molecule has 0 bridgehead atoms. The highest BCUT2D eigenvalue weighted by Gasteiger charge is 2.14. The molecule has 0 spiro atoms. The number of carbonyl (C=O) groups excluding carboxylic acids is 1. The van der Waals surface area contributed by atoms with Crippen molar-refractivity contribution in [2.24, 2.45) is 0 Å². The molecule has 4 aromatic rings. The molecule has 158 valence electrons. The fraction of sp³-hybridized carbons (Fsp3) is 0.200. The summed E-state index contributed by atoms with van der Waals surface area (Å²) in [4.78, 5) is 17.4. The molecule has 1 aromatic heterocycles. The molecule has 0 saturated carbocycles. The van der Waals surface area contributed by atoms with Gasteiger partial charge < -0.3 is 19.4 Å². The lowest BCUT2D eigenvalue weighted by atomic mass is 10.2. The molecule has 0 fully saturated rings. The Morgan fingerprint density at radius 2 is 1.81 bits per heavy atom. The third-order valence-electron chi connectivity index (χ3n) is 5.05. The van der Waals surface area contributed by atoms with Gasteiger partial charge in [-0.25, -0.2) is 4.98 Å². The highest BCUT2D eigenvalue weighted by Crippen LogP contribution is 2.19. The fourth-order valence-corrected chi connectivity index (χ4v) is 3.38. The first-order chi connectivity index (χ1) is 15.1. The van der Waals surface area contributed by atoms with E-state index in [9.17, 15) is 4.79 Å². The molecule has 1 heterocycles. The number of hydrogen-bond donors (Lipinski definition) is 1. The smallest absolute Gasteiger partial charge is 0.240 e. The van der Waals surface area contributed by atoms with Crippen LogP contribution in [0.25, 0.3) is 11.0 Å². The number of ether oxygens (including phenoxy) is 2. The summed E-state index contributed by atoms with van der Waals surface area (Å²) in [5.74, 6) is 2.15. The first kappa shape index (κ1) is 20.5. The zero-order chi connectivity index (χ0) is 21.6. The van der Waals surface area contributed by atoms with E-state index in [2.05, 4.69) is 10.3 Å². The Bertz CT molecular complexity index is 1180. The standard InChI is InChI=1S/C25H25N3O3/c1-18-10-12-20(13-11-18)31-17-24-27-22-8-3-4-9-23(22)28(24)16-25(29)26-15-19-6-5-7-21(14-19)30-2/h3-14H,15-17H2,1-2H3,(H,26,29). The number of para-hydroxylation sites is 2. The van der Waals surface area contributed by atoms with Gasteiger partial charge in [0.15, 0.2) is 0 Å². The van der Waals surface area contributed by atoms with Gasteiger partial charge in [0.25, 0.3) is 0 Å². The molecule has 0 aliphatic rings.